The van der Waals surface area contributed by atoms with Gasteiger partial charge >= 0.3 is 0 Å². The fraction of sp³-hybridized carbons (Fsp3) is 1.00. The Balaban J connectivity index is 3.03. The summed E-state index contributed by atoms with van der Waals surface area (Å²) in [6.45, 7) is 7.84. The van der Waals surface area contributed by atoms with Crippen LogP contribution in [0.3, 0.4) is 0 Å². The van der Waals surface area contributed by atoms with Gasteiger partial charge in [-0.1, -0.05) is 13.3 Å². The highest BCUT2D eigenvalue weighted by Gasteiger charge is 1.95. The Hall–Kier alpha value is -0.120. The van der Waals surface area contributed by atoms with Gasteiger partial charge in [0.2, 0.25) is 0 Å². The molecule has 80 valence electrons. The van der Waals surface area contributed by atoms with Crippen LogP contribution in [0.25, 0.3) is 0 Å². The minimum Gasteiger partial charge on any atom is -0.318 e. The Morgan fingerprint density at radius 1 is 1.08 bits per heavy atom. The highest BCUT2D eigenvalue weighted by Crippen LogP contribution is 1.89. The Labute approximate surface area is 82.9 Å². The SMILES string of the molecule is CCCCN(C)CCNCCNC. The van der Waals surface area contributed by atoms with E-state index in [1.807, 2.05) is 7.05 Å². The minimum absolute atomic E-state index is 1.05. The molecule has 0 bridgehead atoms. The van der Waals surface area contributed by atoms with Crippen molar-refractivity contribution in [1.29, 1.82) is 0 Å². The first-order valence-electron chi connectivity index (χ1n) is 5.35. The molecule has 0 radical (unpaired) electrons. The van der Waals surface area contributed by atoms with Crippen LogP contribution in [0.2, 0.25) is 0 Å². The summed E-state index contributed by atoms with van der Waals surface area (Å²) in [5.41, 5.74) is 0. The first kappa shape index (κ1) is 12.9. The van der Waals surface area contributed by atoms with Crippen LogP contribution in [-0.2, 0) is 0 Å². The van der Waals surface area contributed by atoms with Crippen molar-refractivity contribution in [1.82, 2.24) is 15.5 Å². The quantitative estimate of drug-likeness (QED) is 0.516. The maximum Gasteiger partial charge on any atom is 0.0104 e. The predicted molar refractivity (Wildman–Crippen MR) is 59.2 cm³/mol. The summed E-state index contributed by atoms with van der Waals surface area (Å²) in [6, 6.07) is 0. The summed E-state index contributed by atoms with van der Waals surface area (Å²) in [5, 5.41) is 6.50. The van der Waals surface area contributed by atoms with Crippen LogP contribution in [0.15, 0.2) is 0 Å². The van der Waals surface area contributed by atoms with Gasteiger partial charge in [0.05, 0.1) is 0 Å². The number of unbranched alkanes of at least 4 members (excludes halogenated alkanes) is 1. The largest absolute Gasteiger partial charge is 0.318 e. The zero-order valence-electron chi connectivity index (χ0n) is 9.40. The highest BCUT2D eigenvalue weighted by atomic mass is 15.1. The van der Waals surface area contributed by atoms with E-state index in [2.05, 4.69) is 29.5 Å². The summed E-state index contributed by atoms with van der Waals surface area (Å²) in [7, 11) is 4.17. The predicted octanol–water partition coefficient (Wildman–Crippen LogP) is 0.527. The molecule has 0 unspecified atom stereocenters. The molecule has 13 heavy (non-hydrogen) atoms. The average Bonchev–Trinajstić information content (AvgIpc) is 2.14. The van der Waals surface area contributed by atoms with E-state index in [1.165, 1.54) is 19.4 Å². The second-order valence-corrected chi connectivity index (χ2v) is 3.51. The first-order valence-corrected chi connectivity index (χ1v) is 5.35. The van der Waals surface area contributed by atoms with Crippen LogP contribution >= 0.6 is 0 Å². The Morgan fingerprint density at radius 3 is 2.46 bits per heavy atom. The lowest BCUT2D eigenvalue weighted by molar-refractivity contribution is 0.326. The molecule has 0 aromatic rings. The van der Waals surface area contributed by atoms with Crippen LogP contribution in [0, 0.1) is 0 Å². The number of hydrogen-bond acceptors (Lipinski definition) is 3. The lowest BCUT2D eigenvalue weighted by Crippen LogP contribution is -2.33. The van der Waals surface area contributed by atoms with Gasteiger partial charge in [0.15, 0.2) is 0 Å². The van der Waals surface area contributed by atoms with Crippen molar-refractivity contribution >= 4 is 0 Å². The topological polar surface area (TPSA) is 27.3 Å². The summed E-state index contributed by atoms with van der Waals surface area (Å²) < 4.78 is 0. The van der Waals surface area contributed by atoms with Gasteiger partial charge in [-0.3, -0.25) is 0 Å². The van der Waals surface area contributed by atoms with E-state index < -0.39 is 0 Å². The second-order valence-electron chi connectivity index (χ2n) is 3.51. The van der Waals surface area contributed by atoms with Crippen LogP contribution in [0.5, 0.6) is 0 Å². The van der Waals surface area contributed by atoms with Gasteiger partial charge in [0, 0.05) is 26.2 Å². The summed E-state index contributed by atoms with van der Waals surface area (Å²) in [4.78, 5) is 2.38. The van der Waals surface area contributed by atoms with E-state index in [-0.39, 0.29) is 0 Å². The Bertz CT molecular complexity index is 96.2. The van der Waals surface area contributed by atoms with Crippen molar-refractivity contribution in [2.24, 2.45) is 0 Å². The first-order chi connectivity index (χ1) is 6.31. The van der Waals surface area contributed by atoms with Gasteiger partial charge in [0.1, 0.15) is 0 Å². The van der Waals surface area contributed by atoms with Crippen molar-refractivity contribution < 1.29 is 0 Å². The molecule has 0 aliphatic rings. The van der Waals surface area contributed by atoms with Crippen LogP contribution in [0.4, 0.5) is 0 Å². The zero-order valence-corrected chi connectivity index (χ0v) is 9.40. The minimum atomic E-state index is 1.05. The molecule has 0 amide bonds. The summed E-state index contributed by atoms with van der Waals surface area (Å²) in [6.07, 6.45) is 2.60. The molecule has 0 aliphatic carbocycles. The molecule has 0 spiro atoms. The van der Waals surface area contributed by atoms with Gasteiger partial charge in [-0.15, -0.1) is 0 Å². The molecule has 0 fully saturated rings. The van der Waals surface area contributed by atoms with E-state index in [1.54, 1.807) is 0 Å². The van der Waals surface area contributed by atoms with Gasteiger partial charge < -0.3 is 15.5 Å². The Kier molecular flexibility index (Phi) is 9.87. The van der Waals surface area contributed by atoms with E-state index in [0.717, 1.165) is 26.2 Å². The highest BCUT2D eigenvalue weighted by molar-refractivity contribution is 4.55. The molecule has 0 aromatic carbocycles. The fourth-order valence-corrected chi connectivity index (χ4v) is 1.15. The van der Waals surface area contributed by atoms with Crippen molar-refractivity contribution in [3.63, 3.8) is 0 Å². The Morgan fingerprint density at radius 2 is 1.85 bits per heavy atom. The molecular formula is C10H25N3. The molecule has 3 heteroatoms. The third-order valence-corrected chi connectivity index (χ3v) is 2.12. The summed E-state index contributed by atoms with van der Waals surface area (Å²) >= 11 is 0. The van der Waals surface area contributed by atoms with E-state index in [4.69, 9.17) is 0 Å². The number of likely N-dealkylation sites (N-methyl/N-ethyl adjacent to an activating group) is 2. The smallest absolute Gasteiger partial charge is 0.0104 e. The number of nitrogens with zero attached hydrogens (tertiary/aromatic N) is 1. The number of rotatable bonds is 9. The molecule has 0 atom stereocenters. The molecule has 0 aromatic heterocycles. The zero-order chi connectivity index (χ0) is 9.94. The van der Waals surface area contributed by atoms with Gasteiger partial charge in [0.25, 0.3) is 0 Å². The molecular weight excluding hydrogens is 162 g/mol. The summed E-state index contributed by atoms with van der Waals surface area (Å²) in [5.74, 6) is 0. The number of hydrogen-bond donors (Lipinski definition) is 2. The normalized spacial score (nSPS) is 11.1. The van der Waals surface area contributed by atoms with Crippen LogP contribution in [-0.4, -0.2) is 51.7 Å². The third kappa shape index (κ3) is 9.80. The maximum atomic E-state index is 3.39. The molecule has 2 N–H and O–H groups in total. The molecule has 0 aliphatic heterocycles. The van der Waals surface area contributed by atoms with Gasteiger partial charge in [-0.25, -0.2) is 0 Å². The van der Waals surface area contributed by atoms with E-state index in [9.17, 15) is 0 Å². The molecule has 0 saturated carbocycles. The standard InChI is InChI=1S/C10H25N3/c1-4-5-9-13(3)10-8-12-7-6-11-2/h11-12H,4-10H2,1-3H3. The van der Waals surface area contributed by atoms with E-state index >= 15 is 0 Å². The van der Waals surface area contributed by atoms with E-state index in [0.29, 0.717) is 0 Å². The second kappa shape index (κ2) is 9.96. The average molecular weight is 187 g/mol. The lowest BCUT2D eigenvalue weighted by atomic mass is 10.3. The van der Waals surface area contributed by atoms with Gasteiger partial charge in [-0.2, -0.15) is 0 Å². The van der Waals surface area contributed by atoms with Crippen molar-refractivity contribution in [2.75, 3.05) is 46.8 Å². The molecule has 0 saturated heterocycles. The lowest BCUT2D eigenvalue weighted by Gasteiger charge is -2.16. The van der Waals surface area contributed by atoms with Crippen molar-refractivity contribution in [3.8, 4) is 0 Å². The fourth-order valence-electron chi connectivity index (χ4n) is 1.15. The van der Waals surface area contributed by atoms with Crippen molar-refractivity contribution in [2.45, 2.75) is 19.8 Å². The monoisotopic (exact) mass is 187 g/mol. The maximum absolute atomic E-state index is 3.39. The number of nitrogens with one attached hydrogen (secondary N) is 2. The van der Waals surface area contributed by atoms with Crippen molar-refractivity contribution in [3.05, 3.63) is 0 Å². The molecule has 0 heterocycles. The van der Waals surface area contributed by atoms with Gasteiger partial charge in [-0.05, 0) is 27.1 Å². The van der Waals surface area contributed by atoms with Crippen LogP contribution < -0.4 is 10.6 Å². The molecule has 0 rings (SSSR count). The van der Waals surface area contributed by atoms with Crippen LogP contribution in [0.1, 0.15) is 19.8 Å². The third-order valence-electron chi connectivity index (χ3n) is 2.12. The molecule has 3 nitrogen and oxygen atoms in total.